The summed E-state index contributed by atoms with van der Waals surface area (Å²) < 4.78 is 2.30. The lowest BCUT2D eigenvalue weighted by Gasteiger charge is -2.34. The number of nitrogens with zero attached hydrogens (tertiary/aromatic N) is 2. The van der Waals surface area contributed by atoms with Crippen LogP contribution in [0.25, 0.3) is 71.6 Å². The highest BCUT2D eigenvalue weighted by Crippen LogP contribution is 2.57. The molecule has 0 bridgehead atoms. The second-order valence-corrected chi connectivity index (χ2v) is 13.5. The van der Waals surface area contributed by atoms with E-state index in [0.717, 1.165) is 28.1 Å². The topological polar surface area (TPSA) is 17.8 Å². The van der Waals surface area contributed by atoms with Crippen LogP contribution in [-0.2, 0) is 5.41 Å². The third-order valence-corrected chi connectivity index (χ3v) is 11.0. The number of para-hydroxylation sites is 3. The van der Waals surface area contributed by atoms with E-state index in [1.54, 1.807) is 0 Å². The molecule has 1 aliphatic rings. The molecule has 1 aromatic heterocycles. The number of benzene rings is 9. The predicted octanol–water partition coefficient (Wildman–Crippen LogP) is 12.0. The van der Waals surface area contributed by atoms with Crippen LogP contribution in [0.1, 0.15) is 22.3 Å². The zero-order chi connectivity index (χ0) is 32.8. The maximum Gasteiger partial charge on any atom is 0.145 e. The monoisotopic (exact) mass is 634 g/mol. The van der Waals surface area contributed by atoms with Crippen LogP contribution in [-0.4, -0.2) is 9.55 Å². The Morgan fingerprint density at radius 3 is 1.82 bits per heavy atom. The van der Waals surface area contributed by atoms with E-state index < -0.39 is 5.41 Å². The third kappa shape index (κ3) is 3.65. The minimum Gasteiger partial charge on any atom is -0.292 e. The van der Waals surface area contributed by atoms with Gasteiger partial charge in [0.1, 0.15) is 5.82 Å². The van der Waals surface area contributed by atoms with Crippen molar-refractivity contribution in [2.45, 2.75) is 5.41 Å². The average molecular weight is 635 g/mol. The van der Waals surface area contributed by atoms with Crippen molar-refractivity contribution in [2.24, 2.45) is 0 Å². The minimum atomic E-state index is -0.544. The first-order valence-electron chi connectivity index (χ1n) is 17.3. The smallest absolute Gasteiger partial charge is 0.145 e. The van der Waals surface area contributed by atoms with E-state index in [1.807, 2.05) is 0 Å². The van der Waals surface area contributed by atoms with Gasteiger partial charge in [-0.2, -0.15) is 0 Å². The quantitative estimate of drug-likeness (QED) is 0.176. The zero-order valence-corrected chi connectivity index (χ0v) is 27.2. The summed E-state index contributed by atoms with van der Waals surface area (Å²) in [6.07, 6.45) is 0. The molecule has 0 radical (unpaired) electrons. The first kappa shape index (κ1) is 27.4. The Kier molecular flexibility index (Phi) is 5.62. The highest BCUT2D eigenvalue weighted by Gasteiger charge is 2.46. The van der Waals surface area contributed by atoms with Crippen molar-refractivity contribution >= 4 is 43.4 Å². The van der Waals surface area contributed by atoms with Crippen molar-refractivity contribution < 1.29 is 0 Å². The Bertz CT molecular complexity index is 2860. The molecule has 232 valence electrons. The van der Waals surface area contributed by atoms with Gasteiger partial charge in [0.15, 0.2) is 0 Å². The summed E-state index contributed by atoms with van der Waals surface area (Å²) in [5.41, 5.74) is 11.4. The molecular formula is C48H30N2. The van der Waals surface area contributed by atoms with Gasteiger partial charge in [-0.25, -0.2) is 4.98 Å². The molecule has 9 aromatic carbocycles. The van der Waals surface area contributed by atoms with Crippen LogP contribution in [0.2, 0.25) is 0 Å². The number of imidazole rings is 1. The molecule has 0 amide bonds. The Hall–Kier alpha value is -6.51. The van der Waals surface area contributed by atoms with E-state index in [4.69, 9.17) is 4.98 Å². The van der Waals surface area contributed by atoms with Crippen LogP contribution in [0.15, 0.2) is 182 Å². The fraction of sp³-hybridized carbons (Fsp3) is 0.0208. The van der Waals surface area contributed by atoms with Crippen molar-refractivity contribution in [3.05, 3.63) is 204 Å². The molecule has 0 fully saturated rings. The van der Waals surface area contributed by atoms with E-state index in [9.17, 15) is 0 Å². The summed E-state index contributed by atoms with van der Waals surface area (Å²) in [6.45, 7) is 0. The lowest BCUT2D eigenvalue weighted by molar-refractivity contribution is 0.771. The lowest BCUT2D eigenvalue weighted by Crippen LogP contribution is -2.28. The first-order valence-corrected chi connectivity index (χ1v) is 17.3. The fourth-order valence-electron chi connectivity index (χ4n) is 8.92. The molecule has 0 aliphatic heterocycles. The molecule has 1 heterocycles. The summed E-state index contributed by atoms with van der Waals surface area (Å²) >= 11 is 0. The molecule has 2 heteroatoms. The number of hydrogen-bond donors (Lipinski definition) is 0. The molecular weight excluding hydrogens is 605 g/mol. The molecule has 11 rings (SSSR count). The largest absolute Gasteiger partial charge is 0.292 e. The van der Waals surface area contributed by atoms with Crippen LogP contribution >= 0.6 is 0 Å². The Labute approximate surface area is 289 Å². The average Bonchev–Trinajstić information content (AvgIpc) is 3.72. The normalized spacial score (nSPS) is 15.3. The SMILES string of the molecule is c1ccc(-n2c(-c3ccc4c(c3)C(c3ccccc3)(c3cc5ccc6cccc7ccc(c3)c5c67)c3ccccc3-4)nc3ccccc32)cc1. The summed E-state index contributed by atoms with van der Waals surface area (Å²) in [6, 6.07) is 66.9. The van der Waals surface area contributed by atoms with Gasteiger partial charge >= 0.3 is 0 Å². The summed E-state index contributed by atoms with van der Waals surface area (Å²) in [5, 5.41) is 7.79. The summed E-state index contributed by atoms with van der Waals surface area (Å²) in [4.78, 5) is 5.28. The second-order valence-electron chi connectivity index (χ2n) is 13.5. The molecule has 0 spiro atoms. The van der Waals surface area contributed by atoms with E-state index in [1.165, 1.54) is 65.7 Å². The number of rotatable bonds is 4. The van der Waals surface area contributed by atoms with Crippen molar-refractivity contribution in [1.29, 1.82) is 0 Å². The standard InChI is InChI=1S/C48H30N2/c1-3-14-36(15-4-1)48(37-28-33-24-22-31-12-11-13-32-23-25-34(29-37)46(33)45(31)32)41-19-8-7-18-39(41)40-27-26-35(30-42(40)48)47-49-43-20-9-10-21-44(43)50(47)38-16-5-2-6-17-38/h1-30H. The molecule has 0 saturated heterocycles. The van der Waals surface area contributed by atoms with E-state index in [-0.39, 0.29) is 0 Å². The van der Waals surface area contributed by atoms with Gasteiger partial charge in [0.2, 0.25) is 0 Å². The third-order valence-electron chi connectivity index (χ3n) is 11.0. The number of fused-ring (bicyclic) bond motifs is 4. The molecule has 1 unspecified atom stereocenters. The highest BCUT2D eigenvalue weighted by molar-refractivity contribution is 6.23. The Morgan fingerprint density at radius 1 is 0.420 bits per heavy atom. The molecule has 0 saturated carbocycles. The van der Waals surface area contributed by atoms with E-state index in [0.29, 0.717) is 0 Å². The Balaban J connectivity index is 1.25. The van der Waals surface area contributed by atoms with Gasteiger partial charge in [0.25, 0.3) is 0 Å². The van der Waals surface area contributed by atoms with Crippen LogP contribution in [0.5, 0.6) is 0 Å². The lowest BCUT2D eigenvalue weighted by atomic mass is 9.67. The van der Waals surface area contributed by atoms with Crippen LogP contribution < -0.4 is 0 Å². The van der Waals surface area contributed by atoms with Gasteiger partial charge < -0.3 is 0 Å². The fourth-order valence-corrected chi connectivity index (χ4v) is 8.92. The zero-order valence-electron chi connectivity index (χ0n) is 27.2. The first-order chi connectivity index (χ1) is 24.8. The Morgan fingerprint density at radius 2 is 1.04 bits per heavy atom. The van der Waals surface area contributed by atoms with Gasteiger partial charge in [0, 0.05) is 11.3 Å². The maximum atomic E-state index is 5.28. The van der Waals surface area contributed by atoms with E-state index in [2.05, 4.69) is 187 Å². The minimum absolute atomic E-state index is 0.544. The van der Waals surface area contributed by atoms with Crippen molar-refractivity contribution in [3.8, 4) is 28.2 Å². The summed E-state index contributed by atoms with van der Waals surface area (Å²) in [7, 11) is 0. The number of aromatic nitrogens is 2. The highest BCUT2D eigenvalue weighted by atomic mass is 15.1. The van der Waals surface area contributed by atoms with Gasteiger partial charge in [-0.15, -0.1) is 0 Å². The molecule has 1 aliphatic carbocycles. The van der Waals surface area contributed by atoms with Gasteiger partial charge in [-0.1, -0.05) is 140 Å². The maximum absolute atomic E-state index is 5.28. The van der Waals surface area contributed by atoms with Crippen LogP contribution in [0.4, 0.5) is 0 Å². The molecule has 50 heavy (non-hydrogen) atoms. The van der Waals surface area contributed by atoms with E-state index >= 15 is 0 Å². The van der Waals surface area contributed by atoms with Gasteiger partial charge in [0.05, 0.1) is 16.4 Å². The van der Waals surface area contributed by atoms with Gasteiger partial charge in [-0.3, -0.25) is 4.57 Å². The van der Waals surface area contributed by atoms with Crippen molar-refractivity contribution in [2.75, 3.05) is 0 Å². The summed E-state index contributed by atoms with van der Waals surface area (Å²) in [5.74, 6) is 0.939. The number of hydrogen-bond acceptors (Lipinski definition) is 1. The molecule has 0 N–H and O–H groups in total. The molecule has 1 atom stereocenters. The molecule has 2 nitrogen and oxygen atoms in total. The second kappa shape index (κ2) is 10.2. The molecule has 10 aromatic rings. The van der Waals surface area contributed by atoms with Crippen LogP contribution in [0, 0.1) is 0 Å². The van der Waals surface area contributed by atoms with Crippen molar-refractivity contribution in [1.82, 2.24) is 9.55 Å². The van der Waals surface area contributed by atoms with Gasteiger partial charge in [-0.05, 0) is 108 Å². The predicted molar refractivity (Wildman–Crippen MR) is 208 cm³/mol. The van der Waals surface area contributed by atoms with Crippen molar-refractivity contribution in [3.63, 3.8) is 0 Å². The van der Waals surface area contributed by atoms with Crippen LogP contribution in [0.3, 0.4) is 0 Å².